The Balaban J connectivity index is 2.01. The lowest BCUT2D eigenvalue weighted by molar-refractivity contribution is -0.139. The average molecular weight is 570 g/mol. The van der Waals surface area contributed by atoms with Gasteiger partial charge in [-0.1, -0.05) is 67.4 Å². The van der Waals surface area contributed by atoms with Gasteiger partial charge >= 0.3 is 0 Å². The van der Waals surface area contributed by atoms with E-state index in [0.717, 1.165) is 21.0 Å². The Kier molecular flexibility index (Phi) is 10.2. The molecule has 1 atom stereocenters. The number of hydrogen-bond acceptors (Lipinski definition) is 4. The Labute approximate surface area is 236 Å². The van der Waals surface area contributed by atoms with E-state index in [1.54, 1.807) is 61.5 Å². The van der Waals surface area contributed by atoms with Crippen LogP contribution in [0.5, 0.6) is 0 Å². The quantitative estimate of drug-likeness (QED) is 0.338. The zero-order valence-corrected chi connectivity index (χ0v) is 24.6. The maximum absolute atomic E-state index is 13.9. The highest BCUT2D eigenvalue weighted by atomic mass is 35.5. The fraction of sp³-hybridized carbons (Fsp3) is 0.333. The first-order chi connectivity index (χ1) is 18.4. The Morgan fingerprint density at radius 2 is 1.54 bits per heavy atom. The Morgan fingerprint density at radius 3 is 2.13 bits per heavy atom. The molecule has 1 N–H and O–H groups in total. The standard InChI is InChI=1S/C30H36ClN3O4S/c1-21(2)18-32-30(36)24(5)33(19-25-11-13-26(31)14-12-25)29(35)20-34(27-8-6-7-23(4)17-27)39(37,38)28-15-9-22(3)10-16-28/h6-17,21,24H,18-20H2,1-5H3,(H,32,36)/t24-/m1/s1. The molecule has 39 heavy (non-hydrogen) atoms. The summed E-state index contributed by atoms with van der Waals surface area (Å²) in [6.45, 7) is 9.44. The molecule has 3 aromatic carbocycles. The SMILES string of the molecule is Cc1ccc(S(=O)(=O)N(CC(=O)N(Cc2ccc(Cl)cc2)[C@H](C)C(=O)NCC(C)C)c2cccc(C)c2)cc1. The van der Waals surface area contributed by atoms with Crippen LogP contribution in [0, 0.1) is 19.8 Å². The number of nitrogens with one attached hydrogen (secondary N) is 1. The van der Waals surface area contributed by atoms with Crippen LogP contribution in [0.25, 0.3) is 0 Å². The third-order valence-corrected chi connectivity index (χ3v) is 8.34. The molecule has 0 spiro atoms. The first-order valence-corrected chi connectivity index (χ1v) is 14.7. The molecule has 208 valence electrons. The zero-order valence-electron chi connectivity index (χ0n) is 23.0. The van der Waals surface area contributed by atoms with Crippen molar-refractivity contribution in [1.82, 2.24) is 10.2 Å². The molecule has 0 saturated heterocycles. The van der Waals surface area contributed by atoms with E-state index in [-0.39, 0.29) is 23.3 Å². The van der Waals surface area contributed by atoms with Gasteiger partial charge in [-0.2, -0.15) is 0 Å². The minimum absolute atomic E-state index is 0.0781. The molecule has 7 nitrogen and oxygen atoms in total. The van der Waals surface area contributed by atoms with Crippen LogP contribution in [-0.4, -0.2) is 44.3 Å². The van der Waals surface area contributed by atoms with Crippen molar-refractivity contribution in [3.05, 3.63) is 94.5 Å². The number of benzene rings is 3. The van der Waals surface area contributed by atoms with E-state index in [0.29, 0.717) is 17.3 Å². The molecule has 0 bridgehead atoms. The van der Waals surface area contributed by atoms with E-state index in [2.05, 4.69) is 5.32 Å². The second-order valence-corrected chi connectivity index (χ2v) is 12.4. The summed E-state index contributed by atoms with van der Waals surface area (Å²) in [4.78, 5) is 28.4. The van der Waals surface area contributed by atoms with Crippen LogP contribution in [-0.2, 0) is 26.2 Å². The fourth-order valence-corrected chi connectivity index (χ4v) is 5.50. The number of amides is 2. The number of rotatable bonds is 11. The van der Waals surface area contributed by atoms with Crippen molar-refractivity contribution in [2.24, 2.45) is 5.92 Å². The lowest BCUT2D eigenvalue weighted by Crippen LogP contribution is -2.51. The summed E-state index contributed by atoms with van der Waals surface area (Å²) < 4.78 is 28.8. The number of nitrogens with zero attached hydrogens (tertiary/aromatic N) is 2. The molecule has 0 unspecified atom stereocenters. The van der Waals surface area contributed by atoms with Crippen LogP contribution < -0.4 is 9.62 Å². The van der Waals surface area contributed by atoms with Crippen molar-refractivity contribution in [3.63, 3.8) is 0 Å². The summed E-state index contributed by atoms with van der Waals surface area (Å²) in [7, 11) is -4.09. The molecule has 0 heterocycles. The molecule has 2 amide bonds. The second kappa shape index (κ2) is 13.1. The number of aryl methyl sites for hydroxylation is 2. The number of carbonyl (C=O) groups is 2. The molecule has 0 aliphatic heterocycles. The predicted octanol–water partition coefficient (Wildman–Crippen LogP) is 5.34. The summed E-state index contributed by atoms with van der Waals surface area (Å²) in [5, 5.41) is 3.43. The molecular weight excluding hydrogens is 534 g/mol. The third-order valence-electron chi connectivity index (χ3n) is 6.30. The highest BCUT2D eigenvalue weighted by Crippen LogP contribution is 2.26. The van der Waals surface area contributed by atoms with Gasteiger partial charge in [-0.25, -0.2) is 8.42 Å². The third kappa shape index (κ3) is 8.07. The second-order valence-electron chi connectivity index (χ2n) is 10.1. The average Bonchev–Trinajstić information content (AvgIpc) is 2.89. The van der Waals surface area contributed by atoms with Gasteiger partial charge in [-0.15, -0.1) is 0 Å². The zero-order chi connectivity index (χ0) is 28.7. The van der Waals surface area contributed by atoms with Gasteiger partial charge in [0.1, 0.15) is 12.6 Å². The largest absolute Gasteiger partial charge is 0.354 e. The summed E-state index contributed by atoms with van der Waals surface area (Å²) in [5.41, 5.74) is 2.90. The predicted molar refractivity (Wildman–Crippen MR) is 156 cm³/mol. The van der Waals surface area contributed by atoms with Crippen molar-refractivity contribution < 1.29 is 18.0 Å². The van der Waals surface area contributed by atoms with Crippen LogP contribution in [0.3, 0.4) is 0 Å². The number of carbonyl (C=O) groups excluding carboxylic acids is 2. The molecular formula is C30H36ClN3O4S. The number of halogens is 1. The van der Waals surface area contributed by atoms with Gasteiger partial charge in [0.25, 0.3) is 10.0 Å². The lowest BCUT2D eigenvalue weighted by atomic mass is 10.1. The monoisotopic (exact) mass is 569 g/mol. The molecule has 0 radical (unpaired) electrons. The highest BCUT2D eigenvalue weighted by molar-refractivity contribution is 7.92. The van der Waals surface area contributed by atoms with Crippen LogP contribution in [0.1, 0.15) is 37.5 Å². The lowest BCUT2D eigenvalue weighted by Gasteiger charge is -2.32. The van der Waals surface area contributed by atoms with Crippen LogP contribution >= 0.6 is 11.6 Å². The molecule has 0 aliphatic carbocycles. The summed E-state index contributed by atoms with van der Waals surface area (Å²) in [5.74, 6) is -0.582. The molecule has 3 aromatic rings. The van der Waals surface area contributed by atoms with Gasteiger partial charge in [0.15, 0.2) is 0 Å². The number of sulfonamides is 1. The normalized spacial score (nSPS) is 12.2. The van der Waals surface area contributed by atoms with E-state index >= 15 is 0 Å². The number of anilines is 1. The van der Waals surface area contributed by atoms with Gasteiger partial charge in [0, 0.05) is 18.1 Å². The minimum atomic E-state index is -4.09. The van der Waals surface area contributed by atoms with E-state index in [9.17, 15) is 18.0 Å². The molecule has 0 aliphatic rings. The maximum atomic E-state index is 13.9. The summed E-state index contributed by atoms with van der Waals surface area (Å²) >= 11 is 6.04. The van der Waals surface area contributed by atoms with E-state index in [1.165, 1.54) is 17.0 Å². The number of hydrogen-bond donors (Lipinski definition) is 1. The van der Waals surface area contributed by atoms with Gasteiger partial charge in [0.2, 0.25) is 11.8 Å². The first kappa shape index (κ1) is 30.2. The van der Waals surface area contributed by atoms with Crippen molar-refractivity contribution in [1.29, 1.82) is 0 Å². The van der Waals surface area contributed by atoms with Crippen LogP contribution in [0.2, 0.25) is 5.02 Å². The molecule has 0 aromatic heterocycles. The minimum Gasteiger partial charge on any atom is -0.354 e. The van der Waals surface area contributed by atoms with Crippen LogP contribution in [0.4, 0.5) is 5.69 Å². The fourth-order valence-electron chi connectivity index (χ4n) is 3.97. The van der Waals surface area contributed by atoms with Gasteiger partial charge < -0.3 is 10.2 Å². The molecule has 3 rings (SSSR count). The van der Waals surface area contributed by atoms with Crippen molar-refractivity contribution in [2.75, 3.05) is 17.4 Å². The summed E-state index contributed by atoms with van der Waals surface area (Å²) in [6, 6.07) is 19.6. The van der Waals surface area contributed by atoms with Crippen LogP contribution in [0.15, 0.2) is 77.7 Å². The summed E-state index contributed by atoms with van der Waals surface area (Å²) in [6.07, 6.45) is 0. The molecule has 0 fully saturated rings. The molecule has 0 saturated carbocycles. The van der Waals surface area contributed by atoms with Gasteiger partial charge in [-0.05, 0) is 74.2 Å². The van der Waals surface area contributed by atoms with E-state index in [1.807, 2.05) is 33.8 Å². The Morgan fingerprint density at radius 1 is 0.897 bits per heavy atom. The van der Waals surface area contributed by atoms with E-state index in [4.69, 9.17) is 11.6 Å². The van der Waals surface area contributed by atoms with Crippen molar-refractivity contribution in [3.8, 4) is 0 Å². The van der Waals surface area contributed by atoms with Gasteiger partial charge in [0.05, 0.1) is 10.6 Å². The van der Waals surface area contributed by atoms with E-state index < -0.39 is 28.5 Å². The Bertz CT molecular complexity index is 1390. The van der Waals surface area contributed by atoms with Gasteiger partial charge in [-0.3, -0.25) is 13.9 Å². The maximum Gasteiger partial charge on any atom is 0.264 e. The smallest absolute Gasteiger partial charge is 0.264 e. The Hall–Kier alpha value is -3.36. The molecule has 9 heteroatoms. The topological polar surface area (TPSA) is 86.8 Å². The van der Waals surface area contributed by atoms with Crippen molar-refractivity contribution in [2.45, 2.75) is 52.1 Å². The first-order valence-electron chi connectivity index (χ1n) is 12.9. The highest BCUT2D eigenvalue weighted by Gasteiger charge is 2.32. The van der Waals surface area contributed by atoms with Crippen molar-refractivity contribution >= 4 is 39.1 Å².